The van der Waals surface area contributed by atoms with E-state index in [0.29, 0.717) is 25.4 Å². The third-order valence-corrected chi connectivity index (χ3v) is 2.31. The molecule has 0 fully saturated rings. The van der Waals surface area contributed by atoms with Gasteiger partial charge < -0.3 is 14.8 Å². The lowest BCUT2D eigenvalue weighted by Gasteiger charge is -2.13. The second kappa shape index (κ2) is 7.58. The quantitative estimate of drug-likeness (QED) is 0.446. The van der Waals surface area contributed by atoms with Gasteiger partial charge in [-0.15, -0.1) is 0 Å². The predicted molar refractivity (Wildman–Crippen MR) is 73.8 cm³/mol. The Kier molecular flexibility index (Phi) is 6.08. The highest BCUT2D eigenvalue weighted by molar-refractivity contribution is 5.68. The lowest BCUT2D eigenvalue weighted by atomic mass is 10.2. The molecular weight excluding hydrogens is 248 g/mol. The van der Waals surface area contributed by atoms with E-state index in [0.717, 1.165) is 0 Å². The summed E-state index contributed by atoms with van der Waals surface area (Å²) in [6.45, 7) is 7.21. The van der Waals surface area contributed by atoms with Crippen molar-refractivity contribution < 1.29 is 14.4 Å². The molecule has 0 unspecified atom stereocenters. The highest BCUT2D eigenvalue weighted by atomic mass is 16.6. The summed E-state index contributed by atoms with van der Waals surface area (Å²) in [5.74, 6) is 0.279. The Labute approximate surface area is 112 Å². The zero-order valence-corrected chi connectivity index (χ0v) is 11.5. The summed E-state index contributed by atoms with van der Waals surface area (Å²) >= 11 is 0. The van der Waals surface area contributed by atoms with Crippen LogP contribution in [-0.2, 0) is 4.74 Å². The van der Waals surface area contributed by atoms with Crippen molar-refractivity contribution in [1.29, 1.82) is 0 Å². The van der Waals surface area contributed by atoms with Gasteiger partial charge in [-0.3, -0.25) is 10.1 Å². The summed E-state index contributed by atoms with van der Waals surface area (Å²) in [6.07, 6.45) is -0.114. The molecule has 0 saturated carbocycles. The van der Waals surface area contributed by atoms with Gasteiger partial charge in [0.05, 0.1) is 17.6 Å². The molecule has 0 heterocycles. The molecule has 0 aliphatic heterocycles. The third kappa shape index (κ3) is 4.75. The first-order valence-corrected chi connectivity index (χ1v) is 6.32. The SMILES string of the molecule is CCOCCNc1cccc(OC(C)C)c1[N+](=O)[O-]. The number of hydrogen-bond acceptors (Lipinski definition) is 5. The summed E-state index contributed by atoms with van der Waals surface area (Å²) in [5.41, 5.74) is 0.413. The van der Waals surface area contributed by atoms with Crippen LogP contribution in [0.5, 0.6) is 5.75 Å². The van der Waals surface area contributed by atoms with Crippen LogP contribution in [0.15, 0.2) is 18.2 Å². The van der Waals surface area contributed by atoms with Crippen LogP contribution in [0.25, 0.3) is 0 Å². The second-order valence-corrected chi connectivity index (χ2v) is 4.20. The van der Waals surface area contributed by atoms with Crippen LogP contribution in [0, 0.1) is 10.1 Å². The zero-order valence-electron chi connectivity index (χ0n) is 11.5. The first-order chi connectivity index (χ1) is 9.06. The lowest BCUT2D eigenvalue weighted by Crippen LogP contribution is -2.12. The van der Waals surface area contributed by atoms with Crippen molar-refractivity contribution in [3.8, 4) is 5.75 Å². The Balaban J connectivity index is 2.87. The molecule has 0 spiro atoms. The maximum atomic E-state index is 11.2. The fraction of sp³-hybridized carbons (Fsp3) is 0.538. The average Bonchev–Trinajstić information content (AvgIpc) is 2.33. The van der Waals surface area contributed by atoms with Crippen molar-refractivity contribution in [3.63, 3.8) is 0 Å². The number of para-hydroxylation sites is 1. The molecule has 19 heavy (non-hydrogen) atoms. The van der Waals surface area contributed by atoms with Crippen molar-refractivity contribution in [2.75, 3.05) is 25.1 Å². The molecule has 0 aliphatic carbocycles. The van der Waals surface area contributed by atoms with Gasteiger partial charge in [-0.25, -0.2) is 0 Å². The van der Waals surface area contributed by atoms with Gasteiger partial charge in [0.1, 0.15) is 5.69 Å². The maximum Gasteiger partial charge on any atom is 0.333 e. The van der Waals surface area contributed by atoms with Gasteiger partial charge in [0.2, 0.25) is 0 Å². The minimum absolute atomic E-state index is 0.0345. The number of hydrogen-bond donors (Lipinski definition) is 1. The van der Waals surface area contributed by atoms with E-state index in [2.05, 4.69) is 5.32 Å². The number of anilines is 1. The van der Waals surface area contributed by atoms with Crippen LogP contribution in [0.2, 0.25) is 0 Å². The minimum Gasteiger partial charge on any atom is -0.484 e. The normalized spacial score (nSPS) is 10.5. The molecule has 0 bridgehead atoms. The van der Waals surface area contributed by atoms with E-state index in [4.69, 9.17) is 9.47 Å². The van der Waals surface area contributed by atoms with Crippen LogP contribution in [0.4, 0.5) is 11.4 Å². The number of nitrogens with one attached hydrogen (secondary N) is 1. The molecule has 0 saturated heterocycles. The lowest BCUT2D eigenvalue weighted by molar-refractivity contribution is -0.385. The van der Waals surface area contributed by atoms with Crippen molar-refractivity contribution in [2.45, 2.75) is 26.9 Å². The summed E-state index contributed by atoms with van der Waals surface area (Å²) in [5, 5.41) is 14.2. The van der Waals surface area contributed by atoms with E-state index in [9.17, 15) is 10.1 Å². The van der Waals surface area contributed by atoms with E-state index < -0.39 is 4.92 Å². The minimum atomic E-state index is -0.430. The molecule has 0 aliphatic rings. The predicted octanol–water partition coefficient (Wildman–Crippen LogP) is 2.83. The zero-order chi connectivity index (χ0) is 14.3. The van der Waals surface area contributed by atoms with Crippen LogP contribution < -0.4 is 10.1 Å². The van der Waals surface area contributed by atoms with Gasteiger partial charge >= 0.3 is 5.69 Å². The number of nitro benzene ring substituents is 1. The van der Waals surface area contributed by atoms with Gasteiger partial charge in [-0.2, -0.15) is 0 Å². The summed E-state index contributed by atoms with van der Waals surface area (Å²) in [6, 6.07) is 5.00. The highest BCUT2D eigenvalue weighted by Gasteiger charge is 2.21. The average molecular weight is 268 g/mol. The fourth-order valence-corrected chi connectivity index (χ4v) is 1.60. The standard InChI is InChI=1S/C13H20N2O4/c1-4-18-9-8-14-11-6-5-7-12(19-10(2)3)13(11)15(16)17/h5-7,10,14H,4,8-9H2,1-3H3. The Morgan fingerprint density at radius 2 is 2.16 bits per heavy atom. The largest absolute Gasteiger partial charge is 0.484 e. The summed E-state index contributed by atoms with van der Waals surface area (Å²) in [4.78, 5) is 10.7. The molecular formula is C13H20N2O4. The molecule has 1 N–H and O–H groups in total. The van der Waals surface area contributed by atoms with Crippen LogP contribution in [0.3, 0.4) is 0 Å². The molecule has 1 rings (SSSR count). The molecule has 6 nitrogen and oxygen atoms in total. The Bertz CT molecular complexity index is 421. The van der Waals surface area contributed by atoms with Gasteiger partial charge in [-0.1, -0.05) is 6.07 Å². The molecule has 106 valence electrons. The first kappa shape index (κ1) is 15.2. The van der Waals surface area contributed by atoms with Gasteiger partial charge in [0.25, 0.3) is 0 Å². The second-order valence-electron chi connectivity index (χ2n) is 4.20. The maximum absolute atomic E-state index is 11.2. The van der Waals surface area contributed by atoms with Gasteiger partial charge in [0.15, 0.2) is 5.75 Å². The molecule has 0 radical (unpaired) electrons. The number of ether oxygens (including phenoxy) is 2. The van der Waals surface area contributed by atoms with E-state index in [-0.39, 0.29) is 17.5 Å². The molecule has 6 heteroatoms. The van der Waals surface area contributed by atoms with Crippen molar-refractivity contribution >= 4 is 11.4 Å². The van der Waals surface area contributed by atoms with E-state index in [1.165, 1.54) is 0 Å². The molecule has 0 amide bonds. The Morgan fingerprint density at radius 1 is 1.42 bits per heavy atom. The Hall–Kier alpha value is -1.82. The van der Waals surface area contributed by atoms with E-state index in [1.807, 2.05) is 20.8 Å². The van der Waals surface area contributed by atoms with Crippen molar-refractivity contribution in [1.82, 2.24) is 0 Å². The van der Waals surface area contributed by atoms with Crippen molar-refractivity contribution in [2.24, 2.45) is 0 Å². The summed E-state index contributed by atoms with van der Waals surface area (Å²) in [7, 11) is 0. The van der Waals surface area contributed by atoms with Crippen molar-refractivity contribution in [3.05, 3.63) is 28.3 Å². The summed E-state index contributed by atoms with van der Waals surface area (Å²) < 4.78 is 10.6. The topological polar surface area (TPSA) is 73.6 Å². The molecule has 0 aromatic heterocycles. The van der Waals surface area contributed by atoms with Crippen LogP contribution >= 0.6 is 0 Å². The third-order valence-electron chi connectivity index (χ3n) is 2.31. The van der Waals surface area contributed by atoms with Gasteiger partial charge in [-0.05, 0) is 32.9 Å². The monoisotopic (exact) mass is 268 g/mol. The number of nitro groups is 1. The first-order valence-electron chi connectivity index (χ1n) is 6.32. The van der Waals surface area contributed by atoms with E-state index >= 15 is 0 Å². The van der Waals surface area contributed by atoms with E-state index in [1.54, 1.807) is 18.2 Å². The molecule has 1 aromatic carbocycles. The molecule has 0 atom stereocenters. The molecule has 1 aromatic rings. The highest BCUT2D eigenvalue weighted by Crippen LogP contribution is 2.35. The van der Waals surface area contributed by atoms with Gasteiger partial charge in [0, 0.05) is 13.2 Å². The number of rotatable bonds is 8. The number of nitrogens with zero attached hydrogens (tertiary/aromatic N) is 1. The number of benzene rings is 1. The van der Waals surface area contributed by atoms with Crippen LogP contribution in [0.1, 0.15) is 20.8 Å². The Morgan fingerprint density at radius 3 is 2.74 bits per heavy atom. The van der Waals surface area contributed by atoms with Crippen LogP contribution in [-0.4, -0.2) is 30.8 Å². The smallest absolute Gasteiger partial charge is 0.333 e. The fourth-order valence-electron chi connectivity index (χ4n) is 1.60.